The number of rotatable bonds is 6. The third-order valence-electron chi connectivity index (χ3n) is 2.91. The number of aromatic nitrogens is 1. The third-order valence-corrected chi connectivity index (χ3v) is 4.02. The van der Waals surface area contributed by atoms with Gasteiger partial charge in [0.05, 0.1) is 24.6 Å². The minimum absolute atomic E-state index is 0.00136. The van der Waals surface area contributed by atoms with Crippen LogP contribution < -0.4 is 10.1 Å². The van der Waals surface area contributed by atoms with E-state index < -0.39 is 0 Å². The van der Waals surface area contributed by atoms with Crippen molar-refractivity contribution in [1.29, 1.82) is 0 Å². The van der Waals surface area contributed by atoms with Crippen LogP contribution in [0.15, 0.2) is 53.6 Å². The van der Waals surface area contributed by atoms with Gasteiger partial charge in [0.15, 0.2) is 0 Å². The van der Waals surface area contributed by atoms with Gasteiger partial charge in [0.1, 0.15) is 5.75 Å². The van der Waals surface area contributed by atoms with Crippen LogP contribution in [-0.2, 0) is 11.3 Å². The van der Waals surface area contributed by atoms with Crippen molar-refractivity contribution >= 4 is 17.7 Å². The zero-order chi connectivity index (χ0) is 15.1. The van der Waals surface area contributed by atoms with Gasteiger partial charge in [-0.25, -0.2) is 0 Å². The largest absolute Gasteiger partial charge is 0.497 e. The molecule has 0 saturated carbocycles. The lowest BCUT2D eigenvalue weighted by Gasteiger charge is -2.12. The molecule has 110 valence electrons. The van der Waals surface area contributed by atoms with Gasteiger partial charge in [-0.1, -0.05) is 6.07 Å². The molecule has 0 bridgehead atoms. The summed E-state index contributed by atoms with van der Waals surface area (Å²) in [5.74, 6) is 0.813. The first kappa shape index (κ1) is 15.4. The molecule has 0 unspecified atom stereocenters. The Morgan fingerprint density at radius 1 is 1.29 bits per heavy atom. The van der Waals surface area contributed by atoms with Crippen LogP contribution in [-0.4, -0.2) is 23.3 Å². The Bertz CT molecular complexity index is 573. The summed E-state index contributed by atoms with van der Waals surface area (Å²) in [6.07, 6.45) is 1.72. The minimum Gasteiger partial charge on any atom is -0.497 e. The molecule has 2 aromatic rings. The van der Waals surface area contributed by atoms with Crippen molar-refractivity contribution in [1.82, 2.24) is 10.3 Å². The first-order valence-electron chi connectivity index (χ1n) is 6.67. The molecule has 1 atom stereocenters. The van der Waals surface area contributed by atoms with Crippen molar-refractivity contribution < 1.29 is 9.53 Å². The maximum absolute atomic E-state index is 12.1. The smallest absolute Gasteiger partial charge is 0.233 e. The van der Waals surface area contributed by atoms with Gasteiger partial charge in [-0.15, -0.1) is 11.8 Å². The molecule has 1 aromatic carbocycles. The van der Waals surface area contributed by atoms with Crippen LogP contribution in [0.25, 0.3) is 0 Å². The number of benzene rings is 1. The van der Waals surface area contributed by atoms with E-state index in [-0.39, 0.29) is 11.2 Å². The molecule has 2 rings (SSSR count). The number of amides is 1. The van der Waals surface area contributed by atoms with E-state index in [1.807, 2.05) is 49.4 Å². The van der Waals surface area contributed by atoms with Gasteiger partial charge in [-0.2, -0.15) is 0 Å². The van der Waals surface area contributed by atoms with E-state index in [0.717, 1.165) is 16.3 Å². The quantitative estimate of drug-likeness (QED) is 0.834. The maximum atomic E-state index is 12.1. The number of hydrogen-bond donors (Lipinski definition) is 1. The highest BCUT2D eigenvalue weighted by Gasteiger charge is 2.14. The zero-order valence-electron chi connectivity index (χ0n) is 12.1. The maximum Gasteiger partial charge on any atom is 0.233 e. The van der Waals surface area contributed by atoms with Gasteiger partial charge in [-0.3, -0.25) is 9.78 Å². The lowest BCUT2D eigenvalue weighted by atomic mass is 10.3. The van der Waals surface area contributed by atoms with Gasteiger partial charge < -0.3 is 10.1 Å². The summed E-state index contributed by atoms with van der Waals surface area (Å²) in [5.41, 5.74) is 0.854. The first-order valence-corrected chi connectivity index (χ1v) is 7.55. The second kappa shape index (κ2) is 7.69. The number of nitrogens with zero attached hydrogens (tertiary/aromatic N) is 1. The number of nitrogens with one attached hydrogen (secondary N) is 1. The number of hydrogen-bond acceptors (Lipinski definition) is 4. The van der Waals surface area contributed by atoms with E-state index in [2.05, 4.69) is 10.3 Å². The Balaban J connectivity index is 1.84. The van der Waals surface area contributed by atoms with E-state index in [0.29, 0.717) is 6.54 Å². The summed E-state index contributed by atoms with van der Waals surface area (Å²) >= 11 is 1.52. The summed E-state index contributed by atoms with van der Waals surface area (Å²) < 4.78 is 5.11. The Morgan fingerprint density at radius 3 is 2.67 bits per heavy atom. The monoisotopic (exact) mass is 302 g/mol. The second-order valence-corrected chi connectivity index (χ2v) is 5.89. The molecule has 0 aliphatic carbocycles. The van der Waals surface area contributed by atoms with Crippen LogP contribution in [0, 0.1) is 0 Å². The Morgan fingerprint density at radius 2 is 2.05 bits per heavy atom. The van der Waals surface area contributed by atoms with Crippen LogP contribution in [0.5, 0.6) is 5.75 Å². The molecule has 0 radical (unpaired) electrons. The van der Waals surface area contributed by atoms with Gasteiger partial charge in [-0.05, 0) is 43.3 Å². The highest BCUT2D eigenvalue weighted by molar-refractivity contribution is 8.00. The van der Waals surface area contributed by atoms with Crippen LogP contribution in [0.4, 0.5) is 0 Å². The topological polar surface area (TPSA) is 51.2 Å². The molecule has 1 N–H and O–H groups in total. The molecule has 0 aliphatic rings. The van der Waals surface area contributed by atoms with E-state index in [1.54, 1.807) is 13.3 Å². The number of ether oxygens (including phenoxy) is 1. The molecule has 5 heteroatoms. The molecule has 0 aliphatic heterocycles. The summed E-state index contributed by atoms with van der Waals surface area (Å²) in [7, 11) is 1.63. The molecule has 0 spiro atoms. The van der Waals surface area contributed by atoms with Crippen molar-refractivity contribution in [3.8, 4) is 5.75 Å². The first-order chi connectivity index (χ1) is 10.2. The minimum atomic E-state index is -0.165. The summed E-state index contributed by atoms with van der Waals surface area (Å²) in [6, 6.07) is 13.3. The predicted molar refractivity (Wildman–Crippen MR) is 84.4 cm³/mol. The molecular weight excluding hydrogens is 284 g/mol. The average molecular weight is 302 g/mol. The summed E-state index contributed by atoms with van der Waals surface area (Å²) in [5, 5.41) is 2.73. The second-order valence-electron chi connectivity index (χ2n) is 4.47. The summed E-state index contributed by atoms with van der Waals surface area (Å²) in [4.78, 5) is 17.3. The van der Waals surface area contributed by atoms with Gasteiger partial charge in [0, 0.05) is 11.1 Å². The molecule has 0 fully saturated rings. The number of pyridine rings is 1. The fraction of sp³-hybridized carbons (Fsp3) is 0.250. The van der Waals surface area contributed by atoms with E-state index in [4.69, 9.17) is 4.74 Å². The van der Waals surface area contributed by atoms with E-state index in [9.17, 15) is 4.79 Å². The van der Waals surface area contributed by atoms with Crippen LogP contribution in [0.1, 0.15) is 12.6 Å². The number of carbonyl (C=O) groups excluding carboxylic acids is 1. The molecular formula is C16H18N2O2S. The van der Waals surface area contributed by atoms with Crippen molar-refractivity contribution in [2.75, 3.05) is 7.11 Å². The Labute approximate surface area is 128 Å². The van der Waals surface area contributed by atoms with Crippen molar-refractivity contribution in [2.45, 2.75) is 23.6 Å². The van der Waals surface area contributed by atoms with E-state index >= 15 is 0 Å². The molecule has 1 amide bonds. The highest BCUT2D eigenvalue weighted by Crippen LogP contribution is 2.25. The van der Waals surface area contributed by atoms with Crippen LogP contribution >= 0.6 is 11.8 Å². The van der Waals surface area contributed by atoms with E-state index in [1.165, 1.54) is 11.8 Å². The van der Waals surface area contributed by atoms with Gasteiger partial charge in [0.25, 0.3) is 0 Å². The van der Waals surface area contributed by atoms with Gasteiger partial charge in [0.2, 0.25) is 5.91 Å². The van der Waals surface area contributed by atoms with Crippen molar-refractivity contribution in [2.24, 2.45) is 0 Å². The molecule has 21 heavy (non-hydrogen) atoms. The SMILES string of the molecule is COc1ccc(S[C@@H](C)C(=O)NCc2ccccn2)cc1. The Hall–Kier alpha value is -2.01. The zero-order valence-corrected chi connectivity index (χ0v) is 12.9. The Kier molecular flexibility index (Phi) is 5.63. The summed E-state index contributed by atoms with van der Waals surface area (Å²) in [6.45, 7) is 2.34. The van der Waals surface area contributed by atoms with Crippen molar-refractivity contribution in [3.05, 3.63) is 54.4 Å². The average Bonchev–Trinajstić information content (AvgIpc) is 2.54. The fourth-order valence-electron chi connectivity index (χ4n) is 1.74. The predicted octanol–water partition coefficient (Wildman–Crippen LogP) is 2.89. The number of methoxy groups -OCH3 is 1. The lowest BCUT2D eigenvalue weighted by molar-refractivity contribution is -0.120. The van der Waals surface area contributed by atoms with Gasteiger partial charge >= 0.3 is 0 Å². The number of carbonyl (C=O) groups is 1. The molecule has 4 nitrogen and oxygen atoms in total. The number of thioether (sulfide) groups is 1. The van der Waals surface area contributed by atoms with Crippen LogP contribution in [0.3, 0.4) is 0 Å². The molecule has 1 aromatic heterocycles. The van der Waals surface area contributed by atoms with Crippen LogP contribution in [0.2, 0.25) is 0 Å². The lowest BCUT2D eigenvalue weighted by Crippen LogP contribution is -2.30. The normalized spacial score (nSPS) is 11.7. The standard InChI is InChI=1S/C16H18N2O2S/c1-12(21-15-8-6-14(20-2)7-9-15)16(19)18-11-13-5-3-4-10-17-13/h3-10,12H,11H2,1-2H3,(H,18,19)/t12-/m0/s1. The molecule has 1 heterocycles. The fourth-order valence-corrected chi connectivity index (χ4v) is 2.63. The third kappa shape index (κ3) is 4.79. The van der Waals surface area contributed by atoms with Crippen molar-refractivity contribution in [3.63, 3.8) is 0 Å². The molecule has 0 saturated heterocycles. The highest BCUT2D eigenvalue weighted by atomic mass is 32.2.